The number of carbonyl (C=O) groups excluding carboxylic acids is 1. The van der Waals surface area contributed by atoms with Crippen molar-refractivity contribution < 1.29 is 13.6 Å². The summed E-state index contributed by atoms with van der Waals surface area (Å²) in [6.07, 6.45) is 0. The molecule has 0 bridgehead atoms. The maximum atomic E-state index is 13.0. The van der Waals surface area contributed by atoms with Crippen molar-refractivity contribution in [1.29, 1.82) is 0 Å². The highest BCUT2D eigenvalue weighted by Gasteiger charge is 2.22. The Balaban J connectivity index is 1.30. The molecule has 0 unspecified atom stereocenters. The number of aromatic nitrogens is 1. The van der Waals surface area contributed by atoms with E-state index in [0.29, 0.717) is 24.1 Å². The zero-order valence-electron chi connectivity index (χ0n) is 14.1. The van der Waals surface area contributed by atoms with Crippen LogP contribution < -0.4 is 4.90 Å². The molecule has 1 aliphatic heterocycles. The Morgan fingerprint density at radius 1 is 1.08 bits per heavy atom. The number of benzene rings is 2. The van der Waals surface area contributed by atoms with Gasteiger partial charge in [-0.3, -0.25) is 4.79 Å². The predicted octanol–water partition coefficient (Wildman–Crippen LogP) is 3.41. The first-order valence-corrected chi connectivity index (χ1v) is 9.44. The van der Waals surface area contributed by atoms with Gasteiger partial charge in [-0.25, -0.2) is 9.37 Å². The summed E-state index contributed by atoms with van der Waals surface area (Å²) < 4.78 is 18.7. The standard InChI is InChI=1S/C19H18FN3O2S/c20-14-5-7-15(8-6-14)22-9-11-23(12-10-22)18(24)13-26-19-21-16-3-1-2-4-17(16)25-19/h1-8H,9-13H2. The average molecular weight is 371 g/mol. The fraction of sp³-hybridized carbons (Fsp3) is 0.263. The van der Waals surface area contributed by atoms with Crippen LogP contribution in [0.15, 0.2) is 58.2 Å². The molecule has 0 saturated carbocycles. The number of rotatable bonds is 4. The number of fused-ring (bicyclic) bond motifs is 1. The molecule has 3 aromatic rings. The smallest absolute Gasteiger partial charge is 0.257 e. The molecule has 0 N–H and O–H groups in total. The molecule has 26 heavy (non-hydrogen) atoms. The second kappa shape index (κ2) is 7.37. The Morgan fingerprint density at radius 2 is 1.81 bits per heavy atom. The molecular formula is C19H18FN3O2S. The molecule has 1 fully saturated rings. The molecule has 1 aromatic heterocycles. The van der Waals surface area contributed by atoms with Gasteiger partial charge in [0.15, 0.2) is 5.58 Å². The van der Waals surface area contributed by atoms with Crippen LogP contribution in [0.4, 0.5) is 10.1 Å². The Labute approximate surface area is 154 Å². The third-order valence-electron chi connectivity index (χ3n) is 4.42. The van der Waals surface area contributed by atoms with Gasteiger partial charge >= 0.3 is 0 Å². The fourth-order valence-electron chi connectivity index (χ4n) is 2.99. The number of hydrogen-bond acceptors (Lipinski definition) is 5. The zero-order valence-corrected chi connectivity index (χ0v) is 14.9. The van der Waals surface area contributed by atoms with Gasteiger partial charge in [-0.1, -0.05) is 23.9 Å². The molecule has 0 atom stereocenters. The van der Waals surface area contributed by atoms with Gasteiger partial charge < -0.3 is 14.2 Å². The first-order chi connectivity index (χ1) is 12.7. The molecule has 1 aliphatic rings. The van der Waals surface area contributed by atoms with Crippen LogP contribution in [0, 0.1) is 5.82 Å². The predicted molar refractivity (Wildman–Crippen MR) is 99.9 cm³/mol. The third-order valence-corrected chi connectivity index (χ3v) is 5.23. The lowest BCUT2D eigenvalue weighted by atomic mass is 10.2. The van der Waals surface area contributed by atoms with Crippen LogP contribution in [0.5, 0.6) is 0 Å². The Hall–Kier alpha value is -2.54. The normalized spacial score (nSPS) is 14.8. The first kappa shape index (κ1) is 16.9. The molecule has 134 valence electrons. The summed E-state index contributed by atoms with van der Waals surface area (Å²) in [4.78, 5) is 20.8. The van der Waals surface area contributed by atoms with Crippen molar-refractivity contribution in [3.63, 3.8) is 0 Å². The first-order valence-electron chi connectivity index (χ1n) is 8.46. The van der Waals surface area contributed by atoms with E-state index in [2.05, 4.69) is 9.88 Å². The summed E-state index contributed by atoms with van der Waals surface area (Å²) >= 11 is 1.32. The molecule has 1 amide bonds. The van der Waals surface area contributed by atoms with Gasteiger partial charge in [-0.2, -0.15) is 0 Å². The Bertz CT molecular complexity index is 872. The number of nitrogens with zero attached hydrogens (tertiary/aromatic N) is 3. The monoisotopic (exact) mass is 371 g/mol. The summed E-state index contributed by atoms with van der Waals surface area (Å²) in [6, 6.07) is 14.0. The van der Waals surface area contributed by atoms with Gasteiger partial charge in [0.25, 0.3) is 5.22 Å². The lowest BCUT2D eigenvalue weighted by Crippen LogP contribution is -2.49. The van der Waals surface area contributed by atoms with E-state index in [1.807, 2.05) is 29.2 Å². The lowest BCUT2D eigenvalue weighted by molar-refractivity contribution is -0.128. The number of anilines is 1. The fourth-order valence-corrected chi connectivity index (χ4v) is 3.73. The van der Waals surface area contributed by atoms with Crippen molar-refractivity contribution in [3.05, 3.63) is 54.3 Å². The van der Waals surface area contributed by atoms with Gasteiger partial charge in [-0.05, 0) is 36.4 Å². The molecule has 0 spiro atoms. The van der Waals surface area contributed by atoms with Crippen LogP contribution >= 0.6 is 11.8 Å². The second-order valence-corrected chi connectivity index (χ2v) is 7.01. The summed E-state index contributed by atoms with van der Waals surface area (Å²) in [5.41, 5.74) is 2.52. The number of amides is 1. The van der Waals surface area contributed by atoms with E-state index >= 15 is 0 Å². The number of para-hydroxylation sites is 2. The highest BCUT2D eigenvalue weighted by Crippen LogP contribution is 2.24. The molecule has 2 heterocycles. The molecular weight excluding hydrogens is 353 g/mol. The number of halogens is 1. The van der Waals surface area contributed by atoms with E-state index in [1.54, 1.807) is 12.1 Å². The molecule has 2 aromatic carbocycles. The van der Waals surface area contributed by atoms with Crippen LogP contribution in [-0.2, 0) is 4.79 Å². The Kier molecular flexibility index (Phi) is 4.79. The van der Waals surface area contributed by atoms with Gasteiger partial charge in [0, 0.05) is 31.9 Å². The topological polar surface area (TPSA) is 49.6 Å². The molecule has 1 saturated heterocycles. The van der Waals surface area contributed by atoms with Crippen LogP contribution in [-0.4, -0.2) is 47.7 Å². The summed E-state index contributed by atoms with van der Waals surface area (Å²) in [7, 11) is 0. The molecule has 4 rings (SSSR count). The average Bonchev–Trinajstić information content (AvgIpc) is 3.10. The number of piperazine rings is 1. The zero-order chi connectivity index (χ0) is 17.9. The molecule has 0 radical (unpaired) electrons. The lowest BCUT2D eigenvalue weighted by Gasteiger charge is -2.36. The van der Waals surface area contributed by atoms with Crippen molar-refractivity contribution in [2.45, 2.75) is 5.22 Å². The van der Waals surface area contributed by atoms with E-state index in [9.17, 15) is 9.18 Å². The number of oxazole rings is 1. The van der Waals surface area contributed by atoms with Crippen molar-refractivity contribution in [3.8, 4) is 0 Å². The Morgan fingerprint density at radius 3 is 2.54 bits per heavy atom. The van der Waals surface area contributed by atoms with Crippen LogP contribution in [0.2, 0.25) is 0 Å². The van der Waals surface area contributed by atoms with Crippen LogP contribution in [0.1, 0.15) is 0 Å². The van der Waals surface area contributed by atoms with Crippen molar-refractivity contribution in [1.82, 2.24) is 9.88 Å². The summed E-state index contributed by atoms with van der Waals surface area (Å²) in [5, 5.41) is 0.518. The quantitative estimate of drug-likeness (QED) is 0.658. The van der Waals surface area contributed by atoms with E-state index in [0.717, 1.165) is 29.9 Å². The molecule has 7 heteroatoms. The maximum Gasteiger partial charge on any atom is 0.257 e. The molecule has 0 aliphatic carbocycles. The van der Waals surface area contributed by atoms with E-state index in [-0.39, 0.29) is 11.7 Å². The highest BCUT2D eigenvalue weighted by atomic mass is 32.2. The van der Waals surface area contributed by atoms with Gasteiger partial charge in [0.2, 0.25) is 5.91 Å². The maximum absolute atomic E-state index is 13.0. The van der Waals surface area contributed by atoms with Gasteiger partial charge in [0.05, 0.1) is 5.75 Å². The van der Waals surface area contributed by atoms with E-state index in [1.165, 1.54) is 23.9 Å². The molecule has 5 nitrogen and oxygen atoms in total. The van der Waals surface area contributed by atoms with Gasteiger partial charge in [0.1, 0.15) is 11.3 Å². The highest BCUT2D eigenvalue weighted by molar-refractivity contribution is 7.99. The number of thioether (sulfide) groups is 1. The SMILES string of the molecule is O=C(CSc1nc2ccccc2o1)N1CCN(c2ccc(F)cc2)CC1. The summed E-state index contributed by atoms with van der Waals surface area (Å²) in [6.45, 7) is 2.80. The van der Waals surface area contributed by atoms with Crippen LogP contribution in [0.3, 0.4) is 0 Å². The second-order valence-electron chi connectivity index (χ2n) is 6.08. The summed E-state index contributed by atoms with van der Waals surface area (Å²) in [5.74, 6) is 0.151. The van der Waals surface area contributed by atoms with Crippen molar-refractivity contribution >= 4 is 34.5 Å². The minimum atomic E-state index is -0.237. The van der Waals surface area contributed by atoms with Gasteiger partial charge in [-0.15, -0.1) is 0 Å². The minimum Gasteiger partial charge on any atom is -0.431 e. The largest absolute Gasteiger partial charge is 0.431 e. The number of carbonyl (C=O) groups is 1. The van der Waals surface area contributed by atoms with Crippen molar-refractivity contribution in [2.24, 2.45) is 0 Å². The van der Waals surface area contributed by atoms with E-state index in [4.69, 9.17) is 4.42 Å². The third kappa shape index (κ3) is 3.67. The van der Waals surface area contributed by atoms with E-state index < -0.39 is 0 Å². The minimum absolute atomic E-state index is 0.0796. The van der Waals surface area contributed by atoms with Crippen molar-refractivity contribution in [2.75, 3.05) is 36.8 Å². The van der Waals surface area contributed by atoms with Crippen LogP contribution in [0.25, 0.3) is 11.1 Å². The number of hydrogen-bond donors (Lipinski definition) is 0.